The molecule has 0 spiro atoms. The Hall–Kier alpha value is -0.590. The first-order valence-electron chi connectivity index (χ1n) is 5.62. The molecule has 0 bridgehead atoms. The zero-order chi connectivity index (χ0) is 10.8. The van der Waals surface area contributed by atoms with Crippen molar-refractivity contribution in [2.75, 3.05) is 0 Å². The van der Waals surface area contributed by atoms with Crippen LogP contribution in [-0.4, -0.2) is 5.78 Å². The molecule has 0 aromatic heterocycles. The lowest BCUT2D eigenvalue weighted by Gasteiger charge is -2.23. The van der Waals surface area contributed by atoms with Gasteiger partial charge in [-0.3, -0.25) is 4.79 Å². The number of hydrogen-bond donors (Lipinski definition) is 0. The van der Waals surface area contributed by atoms with Crippen LogP contribution in [0, 0.1) is 10.8 Å². The van der Waals surface area contributed by atoms with Crippen molar-refractivity contribution in [3.8, 4) is 0 Å². The highest BCUT2D eigenvalue weighted by Gasteiger charge is 2.47. The minimum Gasteiger partial charge on any atom is -0.298 e. The Balaban J connectivity index is 2.68. The van der Waals surface area contributed by atoms with E-state index in [4.69, 9.17) is 0 Å². The highest BCUT2D eigenvalue weighted by molar-refractivity contribution is 5.91. The first-order valence-corrected chi connectivity index (χ1v) is 5.62. The number of hydrogen-bond acceptors (Lipinski definition) is 1. The minimum atomic E-state index is -0.0885. The highest BCUT2D eigenvalue weighted by atomic mass is 16.1. The Kier molecular flexibility index (Phi) is 3.18. The molecule has 14 heavy (non-hydrogen) atoms. The molecule has 1 atom stereocenters. The molecule has 80 valence electrons. The largest absolute Gasteiger partial charge is 0.298 e. The van der Waals surface area contributed by atoms with Gasteiger partial charge in [0, 0.05) is 10.8 Å². The van der Waals surface area contributed by atoms with Crippen molar-refractivity contribution in [1.29, 1.82) is 0 Å². The summed E-state index contributed by atoms with van der Waals surface area (Å²) in [6.45, 7) is 8.39. The van der Waals surface area contributed by atoms with Crippen LogP contribution in [0.3, 0.4) is 0 Å². The summed E-state index contributed by atoms with van der Waals surface area (Å²) in [4.78, 5) is 12.1. The van der Waals surface area contributed by atoms with Crippen LogP contribution in [0.15, 0.2) is 12.2 Å². The van der Waals surface area contributed by atoms with Crippen molar-refractivity contribution in [3.63, 3.8) is 0 Å². The van der Waals surface area contributed by atoms with E-state index in [-0.39, 0.29) is 10.8 Å². The minimum absolute atomic E-state index is 0.0881. The third-order valence-corrected chi connectivity index (χ3v) is 3.44. The summed E-state index contributed by atoms with van der Waals surface area (Å²) in [5.74, 6) is 0.450. The fraction of sp³-hybridized carbons (Fsp3) is 0.769. The number of rotatable bonds is 3. The van der Waals surface area contributed by atoms with Crippen molar-refractivity contribution in [2.45, 2.75) is 53.4 Å². The van der Waals surface area contributed by atoms with E-state index in [1.54, 1.807) is 0 Å². The van der Waals surface area contributed by atoms with E-state index in [1.165, 1.54) is 0 Å². The second kappa shape index (κ2) is 3.88. The predicted octanol–water partition coefficient (Wildman–Crippen LogP) is 3.74. The Morgan fingerprint density at radius 3 is 2.29 bits per heavy atom. The zero-order valence-corrected chi connectivity index (χ0v) is 9.89. The van der Waals surface area contributed by atoms with Crippen molar-refractivity contribution < 1.29 is 4.79 Å². The number of allylic oxidation sites excluding steroid dienone is 2. The molecule has 1 fully saturated rings. The van der Waals surface area contributed by atoms with Gasteiger partial charge < -0.3 is 0 Å². The summed E-state index contributed by atoms with van der Waals surface area (Å²) in [6.07, 6.45) is 8.40. The SMILES string of the molecule is CC/C=C/CC1(C)CCC(C)(C)C1=O. The molecule has 0 aliphatic heterocycles. The first kappa shape index (κ1) is 11.5. The van der Waals surface area contributed by atoms with Gasteiger partial charge in [0.25, 0.3) is 0 Å². The monoisotopic (exact) mass is 194 g/mol. The molecule has 0 radical (unpaired) electrons. The second-order valence-electron chi connectivity index (χ2n) is 5.36. The number of Topliss-reactive ketones (excluding diaryl/α,β-unsaturated/α-hetero) is 1. The molecule has 0 aromatic rings. The Bertz CT molecular complexity index is 250. The Morgan fingerprint density at radius 1 is 1.21 bits per heavy atom. The van der Waals surface area contributed by atoms with Gasteiger partial charge in [-0.25, -0.2) is 0 Å². The average Bonchev–Trinajstić information content (AvgIpc) is 2.32. The summed E-state index contributed by atoms with van der Waals surface area (Å²) in [5, 5.41) is 0. The van der Waals surface area contributed by atoms with Crippen molar-refractivity contribution in [2.24, 2.45) is 10.8 Å². The van der Waals surface area contributed by atoms with Crippen LogP contribution in [0.4, 0.5) is 0 Å². The fourth-order valence-electron chi connectivity index (χ4n) is 2.34. The Morgan fingerprint density at radius 2 is 1.86 bits per heavy atom. The summed E-state index contributed by atoms with van der Waals surface area (Å²) in [6, 6.07) is 0. The normalized spacial score (nSPS) is 31.6. The van der Waals surface area contributed by atoms with Gasteiger partial charge in [-0.1, -0.05) is 39.8 Å². The average molecular weight is 194 g/mol. The summed E-state index contributed by atoms with van der Waals surface area (Å²) in [7, 11) is 0. The van der Waals surface area contributed by atoms with Crippen LogP contribution in [0.5, 0.6) is 0 Å². The van der Waals surface area contributed by atoms with Crippen LogP contribution >= 0.6 is 0 Å². The van der Waals surface area contributed by atoms with E-state index in [1.807, 2.05) is 0 Å². The van der Waals surface area contributed by atoms with E-state index < -0.39 is 0 Å². The lowest BCUT2D eigenvalue weighted by molar-refractivity contribution is -0.131. The van der Waals surface area contributed by atoms with Crippen LogP contribution in [-0.2, 0) is 4.79 Å². The number of carbonyl (C=O) groups is 1. The van der Waals surface area contributed by atoms with E-state index in [0.717, 1.165) is 25.7 Å². The van der Waals surface area contributed by atoms with Crippen molar-refractivity contribution >= 4 is 5.78 Å². The fourth-order valence-corrected chi connectivity index (χ4v) is 2.34. The standard InChI is InChI=1S/C13H22O/c1-5-6-7-8-13(4)10-9-12(2,3)11(13)14/h6-7H,5,8-10H2,1-4H3/b7-6+. The highest BCUT2D eigenvalue weighted by Crippen LogP contribution is 2.47. The van der Waals surface area contributed by atoms with Crippen molar-refractivity contribution in [3.05, 3.63) is 12.2 Å². The van der Waals surface area contributed by atoms with Crippen LogP contribution in [0.25, 0.3) is 0 Å². The molecular formula is C13H22O. The summed E-state index contributed by atoms with van der Waals surface area (Å²) >= 11 is 0. The molecule has 1 heteroatoms. The van der Waals surface area contributed by atoms with Gasteiger partial charge in [0.05, 0.1) is 0 Å². The van der Waals surface area contributed by atoms with Gasteiger partial charge >= 0.3 is 0 Å². The molecule has 1 saturated carbocycles. The topological polar surface area (TPSA) is 17.1 Å². The summed E-state index contributed by atoms with van der Waals surface area (Å²) < 4.78 is 0. The maximum atomic E-state index is 12.1. The van der Waals surface area contributed by atoms with E-state index >= 15 is 0 Å². The molecule has 0 amide bonds. The molecular weight excluding hydrogens is 172 g/mol. The smallest absolute Gasteiger partial charge is 0.144 e. The van der Waals surface area contributed by atoms with Crippen LogP contribution in [0.2, 0.25) is 0 Å². The molecule has 1 rings (SSSR count). The Labute approximate surface area is 87.6 Å². The molecule has 0 N–H and O–H groups in total. The van der Waals surface area contributed by atoms with E-state index in [9.17, 15) is 4.79 Å². The lowest BCUT2D eigenvalue weighted by Crippen LogP contribution is -2.29. The summed E-state index contributed by atoms with van der Waals surface area (Å²) in [5.41, 5.74) is -0.177. The molecule has 0 saturated heterocycles. The second-order valence-corrected chi connectivity index (χ2v) is 5.36. The lowest BCUT2D eigenvalue weighted by atomic mass is 9.79. The molecule has 1 unspecified atom stereocenters. The quantitative estimate of drug-likeness (QED) is 0.625. The molecule has 0 heterocycles. The van der Waals surface area contributed by atoms with Crippen LogP contribution in [0.1, 0.15) is 53.4 Å². The molecule has 1 aliphatic carbocycles. The van der Waals surface area contributed by atoms with E-state index in [0.29, 0.717) is 5.78 Å². The van der Waals surface area contributed by atoms with Gasteiger partial charge in [0.1, 0.15) is 5.78 Å². The van der Waals surface area contributed by atoms with Gasteiger partial charge in [-0.05, 0) is 25.7 Å². The van der Waals surface area contributed by atoms with Gasteiger partial charge in [0.2, 0.25) is 0 Å². The third kappa shape index (κ3) is 2.08. The molecule has 1 aliphatic rings. The maximum Gasteiger partial charge on any atom is 0.144 e. The van der Waals surface area contributed by atoms with Crippen molar-refractivity contribution in [1.82, 2.24) is 0 Å². The van der Waals surface area contributed by atoms with Gasteiger partial charge in [0.15, 0.2) is 0 Å². The number of ketones is 1. The number of carbonyl (C=O) groups excluding carboxylic acids is 1. The third-order valence-electron chi connectivity index (χ3n) is 3.44. The van der Waals surface area contributed by atoms with Crippen LogP contribution < -0.4 is 0 Å². The molecule has 1 nitrogen and oxygen atoms in total. The molecule has 0 aromatic carbocycles. The zero-order valence-electron chi connectivity index (χ0n) is 9.89. The van der Waals surface area contributed by atoms with E-state index in [2.05, 4.69) is 39.8 Å². The predicted molar refractivity (Wildman–Crippen MR) is 60.2 cm³/mol. The maximum absolute atomic E-state index is 12.1. The first-order chi connectivity index (χ1) is 6.42. The van der Waals surface area contributed by atoms with Gasteiger partial charge in [-0.2, -0.15) is 0 Å². The van der Waals surface area contributed by atoms with Gasteiger partial charge in [-0.15, -0.1) is 0 Å².